The van der Waals surface area contributed by atoms with Gasteiger partial charge >= 0.3 is 0 Å². The minimum absolute atomic E-state index is 0.117. The Balaban J connectivity index is 1.52. The first kappa shape index (κ1) is 20.5. The second kappa shape index (κ2) is 8.14. The summed E-state index contributed by atoms with van der Waals surface area (Å²) in [5.74, 6) is -0.572. The summed E-state index contributed by atoms with van der Waals surface area (Å²) >= 11 is 2.99. The van der Waals surface area contributed by atoms with Crippen molar-refractivity contribution in [2.45, 2.75) is 82.2 Å². The van der Waals surface area contributed by atoms with E-state index in [1.807, 2.05) is 13.8 Å². The average molecular weight is 433 g/mol. The number of fused-ring (bicyclic) bond motifs is 1. The number of rotatable bonds is 6. The third-order valence-corrected chi connectivity index (χ3v) is 8.37. The Bertz CT molecular complexity index is 957. The van der Waals surface area contributed by atoms with Crippen LogP contribution >= 0.6 is 23.1 Å². The molecule has 6 nitrogen and oxygen atoms in total. The molecule has 2 aliphatic rings. The van der Waals surface area contributed by atoms with E-state index >= 15 is 0 Å². The summed E-state index contributed by atoms with van der Waals surface area (Å²) in [5.41, 5.74) is 9.37. The first-order valence-electron chi connectivity index (χ1n) is 10.3. The Hall–Kier alpha value is -1.80. The lowest BCUT2D eigenvalue weighted by Gasteiger charge is -2.18. The number of hydrogen-bond donors (Lipinski definition) is 2. The monoisotopic (exact) mass is 432 g/mol. The van der Waals surface area contributed by atoms with Crippen LogP contribution in [0.15, 0.2) is 5.16 Å². The molecule has 2 amide bonds. The molecule has 3 N–H and O–H groups in total. The van der Waals surface area contributed by atoms with E-state index in [0.29, 0.717) is 16.6 Å². The topological polar surface area (TPSA) is 90.0 Å². The number of primary amides is 1. The SMILES string of the molecule is Cc1nc(S[C@H](C)C(=O)Nc2sc3c(c2C(N)=O)CCC3)n(C2CCCC2)c1C. The molecule has 156 valence electrons. The number of carbonyl (C=O) groups excluding carboxylic acids is 2. The van der Waals surface area contributed by atoms with E-state index in [4.69, 9.17) is 10.7 Å². The number of aromatic nitrogens is 2. The van der Waals surface area contributed by atoms with Crippen LogP contribution < -0.4 is 11.1 Å². The number of aryl methyl sites for hydroxylation is 2. The molecule has 2 aromatic heterocycles. The number of thiophene rings is 1. The molecule has 1 saturated carbocycles. The molecule has 2 aromatic rings. The van der Waals surface area contributed by atoms with Gasteiger partial charge in [-0.05, 0) is 58.4 Å². The Kier molecular flexibility index (Phi) is 5.75. The van der Waals surface area contributed by atoms with Crippen LogP contribution in [-0.2, 0) is 17.6 Å². The summed E-state index contributed by atoms with van der Waals surface area (Å²) in [6, 6.07) is 0.482. The van der Waals surface area contributed by atoms with Gasteiger partial charge < -0.3 is 15.6 Å². The van der Waals surface area contributed by atoms with Gasteiger partial charge in [0, 0.05) is 16.6 Å². The number of hydrogen-bond acceptors (Lipinski definition) is 5. The lowest BCUT2D eigenvalue weighted by atomic mass is 10.1. The fourth-order valence-electron chi connectivity index (χ4n) is 4.45. The predicted octanol–water partition coefficient (Wildman–Crippen LogP) is 4.38. The number of amides is 2. The van der Waals surface area contributed by atoms with Gasteiger partial charge in [0.15, 0.2) is 5.16 Å². The molecule has 1 fully saturated rings. The minimum Gasteiger partial charge on any atom is -0.365 e. The number of nitrogens with zero attached hydrogens (tertiary/aromatic N) is 2. The summed E-state index contributed by atoms with van der Waals surface area (Å²) < 4.78 is 2.32. The maximum Gasteiger partial charge on any atom is 0.251 e. The summed E-state index contributed by atoms with van der Waals surface area (Å²) in [6.07, 6.45) is 7.71. The van der Waals surface area contributed by atoms with Crippen LogP contribution in [0.2, 0.25) is 0 Å². The lowest BCUT2D eigenvalue weighted by molar-refractivity contribution is -0.115. The highest BCUT2D eigenvalue weighted by Gasteiger charge is 2.29. The quantitative estimate of drug-likeness (QED) is 0.663. The van der Waals surface area contributed by atoms with Gasteiger partial charge in [-0.1, -0.05) is 24.6 Å². The van der Waals surface area contributed by atoms with Crippen LogP contribution in [0.5, 0.6) is 0 Å². The molecular formula is C21H28N4O2S2. The van der Waals surface area contributed by atoms with E-state index < -0.39 is 5.91 Å². The van der Waals surface area contributed by atoms with Crippen LogP contribution in [0.25, 0.3) is 0 Å². The Morgan fingerprint density at radius 3 is 2.66 bits per heavy atom. The summed E-state index contributed by atoms with van der Waals surface area (Å²) in [6.45, 7) is 6.03. The molecule has 0 spiro atoms. The van der Waals surface area contributed by atoms with E-state index in [-0.39, 0.29) is 11.2 Å². The summed E-state index contributed by atoms with van der Waals surface area (Å²) in [5, 5.41) is 4.17. The molecule has 0 aromatic carbocycles. The van der Waals surface area contributed by atoms with Gasteiger partial charge in [-0.25, -0.2) is 4.98 Å². The molecule has 29 heavy (non-hydrogen) atoms. The molecular weight excluding hydrogens is 404 g/mol. The molecule has 0 unspecified atom stereocenters. The number of anilines is 1. The van der Waals surface area contributed by atoms with E-state index in [9.17, 15) is 9.59 Å². The van der Waals surface area contributed by atoms with Crippen molar-refractivity contribution in [3.63, 3.8) is 0 Å². The van der Waals surface area contributed by atoms with E-state index in [0.717, 1.165) is 35.7 Å². The molecule has 2 aliphatic carbocycles. The third kappa shape index (κ3) is 3.84. The highest BCUT2D eigenvalue weighted by atomic mass is 32.2. The Morgan fingerprint density at radius 2 is 1.97 bits per heavy atom. The van der Waals surface area contributed by atoms with Gasteiger partial charge in [0.2, 0.25) is 5.91 Å². The smallest absolute Gasteiger partial charge is 0.251 e. The zero-order valence-electron chi connectivity index (χ0n) is 17.2. The van der Waals surface area contributed by atoms with Crippen molar-refractivity contribution in [1.82, 2.24) is 9.55 Å². The normalized spacial score (nSPS) is 17.5. The molecule has 0 saturated heterocycles. The van der Waals surface area contributed by atoms with E-state index in [1.54, 1.807) is 0 Å². The third-order valence-electron chi connectivity index (χ3n) is 6.10. The van der Waals surface area contributed by atoms with Crippen molar-refractivity contribution < 1.29 is 9.59 Å². The fourth-order valence-corrected chi connectivity index (χ4v) is 6.82. The summed E-state index contributed by atoms with van der Waals surface area (Å²) in [7, 11) is 0. The molecule has 0 bridgehead atoms. The zero-order valence-corrected chi connectivity index (χ0v) is 18.8. The first-order valence-corrected chi connectivity index (χ1v) is 12.0. The Labute approximate surface area is 179 Å². The van der Waals surface area contributed by atoms with Crippen LogP contribution in [0.1, 0.15) is 77.3 Å². The van der Waals surface area contributed by atoms with Crippen LogP contribution in [0, 0.1) is 13.8 Å². The number of imidazole rings is 1. The van der Waals surface area contributed by atoms with E-state index in [2.05, 4.69) is 16.8 Å². The van der Waals surface area contributed by atoms with Crippen molar-refractivity contribution in [3.05, 3.63) is 27.4 Å². The van der Waals surface area contributed by atoms with Crippen LogP contribution in [0.4, 0.5) is 5.00 Å². The van der Waals surface area contributed by atoms with Gasteiger partial charge in [-0.2, -0.15) is 0 Å². The second-order valence-corrected chi connectivity index (χ2v) is 10.5. The van der Waals surface area contributed by atoms with Gasteiger partial charge in [0.25, 0.3) is 5.91 Å². The molecule has 4 rings (SSSR count). The van der Waals surface area contributed by atoms with Gasteiger partial charge in [0.05, 0.1) is 16.5 Å². The van der Waals surface area contributed by atoms with Crippen LogP contribution in [-0.4, -0.2) is 26.6 Å². The van der Waals surface area contributed by atoms with Crippen molar-refractivity contribution in [2.75, 3.05) is 5.32 Å². The largest absolute Gasteiger partial charge is 0.365 e. The fraction of sp³-hybridized carbons (Fsp3) is 0.571. The maximum atomic E-state index is 12.9. The van der Waals surface area contributed by atoms with Crippen molar-refractivity contribution in [3.8, 4) is 0 Å². The maximum absolute atomic E-state index is 12.9. The number of thioether (sulfide) groups is 1. The summed E-state index contributed by atoms with van der Waals surface area (Å²) in [4.78, 5) is 30.8. The van der Waals surface area contributed by atoms with Crippen molar-refractivity contribution in [2.24, 2.45) is 5.73 Å². The van der Waals surface area contributed by atoms with Crippen molar-refractivity contribution >= 4 is 39.9 Å². The lowest BCUT2D eigenvalue weighted by Crippen LogP contribution is -2.24. The highest BCUT2D eigenvalue weighted by Crippen LogP contribution is 2.40. The highest BCUT2D eigenvalue weighted by molar-refractivity contribution is 8.00. The van der Waals surface area contributed by atoms with E-state index in [1.165, 1.54) is 59.4 Å². The number of nitrogens with two attached hydrogens (primary N) is 1. The molecule has 0 radical (unpaired) electrons. The van der Waals surface area contributed by atoms with Gasteiger partial charge in [-0.3, -0.25) is 9.59 Å². The predicted molar refractivity (Wildman–Crippen MR) is 118 cm³/mol. The minimum atomic E-state index is -0.456. The van der Waals surface area contributed by atoms with Crippen LogP contribution in [0.3, 0.4) is 0 Å². The number of nitrogens with one attached hydrogen (secondary N) is 1. The molecule has 8 heteroatoms. The molecule has 0 aliphatic heterocycles. The first-order chi connectivity index (χ1) is 13.9. The molecule has 1 atom stereocenters. The van der Waals surface area contributed by atoms with Crippen molar-refractivity contribution in [1.29, 1.82) is 0 Å². The standard InChI is InChI=1S/C21H28N4O2S2/c1-11-12(2)25(14-7-4-5-8-14)21(23-11)28-13(3)19(27)24-20-17(18(22)26)15-9-6-10-16(15)29-20/h13-14H,4-10H2,1-3H3,(H2,22,26)(H,24,27)/t13-/m1/s1. The van der Waals surface area contributed by atoms with Gasteiger partial charge in [-0.15, -0.1) is 11.3 Å². The second-order valence-electron chi connectivity index (χ2n) is 8.05. The zero-order chi connectivity index (χ0) is 20.7. The Morgan fingerprint density at radius 1 is 1.24 bits per heavy atom. The molecule has 2 heterocycles. The number of carbonyl (C=O) groups is 2. The van der Waals surface area contributed by atoms with Gasteiger partial charge in [0.1, 0.15) is 5.00 Å². The average Bonchev–Trinajstić information content (AvgIpc) is 3.41.